The molecule has 0 spiro atoms. The van der Waals surface area contributed by atoms with E-state index in [0.717, 1.165) is 54.8 Å². The summed E-state index contributed by atoms with van der Waals surface area (Å²) >= 11 is 0. The van der Waals surface area contributed by atoms with Gasteiger partial charge in [-0.3, -0.25) is 4.57 Å². The van der Waals surface area contributed by atoms with Crippen molar-refractivity contribution in [1.29, 1.82) is 0 Å². The molecule has 0 atom stereocenters. The van der Waals surface area contributed by atoms with Gasteiger partial charge in [-0.2, -0.15) is 0 Å². The van der Waals surface area contributed by atoms with Crippen molar-refractivity contribution >= 4 is 166 Å². The molecule has 212 valence electrons. The van der Waals surface area contributed by atoms with Gasteiger partial charge < -0.3 is 0 Å². The van der Waals surface area contributed by atoms with E-state index in [4.69, 9.17) is 83.4 Å². The van der Waals surface area contributed by atoms with Crippen LogP contribution < -0.4 is 54.6 Å². The molecule has 0 saturated heterocycles. The molecule has 0 unspecified atom stereocenters. The third-order valence-electron chi connectivity index (χ3n) is 9.75. The van der Waals surface area contributed by atoms with Gasteiger partial charge in [0.1, 0.15) is 84.3 Å². The largest absolute Gasteiger partial charge is 0.294 e. The van der Waals surface area contributed by atoms with Crippen LogP contribution in [0.25, 0.3) is 71.9 Å². The quantitative estimate of drug-likeness (QED) is 0.169. The Bertz CT molecular complexity index is 2660. The topological polar surface area (TPSA) is 17.8 Å². The predicted octanol–water partition coefficient (Wildman–Crippen LogP) is -1.73. The van der Waals surface area contributed by atoms with Crippen LogP contribution >= 0.6 is 0 Å². The highest BCUT2D eigenvalue weighted by Crippen LogP contribution is 2.43. The van der Waals surface area contributed by atoms with Crippen LogP contribution in [0.5, 0.6) is 0 Å². The first-order valence-corrected chi connectivity index (χ1v) is 16.1. The molecule has 8 aromatic rings. The molecule has 0 amide bonds. The van der Waals surface area contributed by atoms with E-state index in [0.29, 0.717) is 17.1 Å². The second-order valence-corrected chi connectivity index (χ2v) is 12.5. The molecule has 1 aromatic heterocycles. The van der Waals surface area contributed by atoms with Crippen molar-refractivity contribution in [2.45, 2.75) is 0 Å². The van der Waals surface area contributed by atoms with Crippen LogP contribution in [-0.4, -0.2) is 88.0 Å². The van der Waals surface area contributed by atoms with Crippen molar-refractivity contribution in [3.8, 4) is 39.3 Å². The average Bonchev–Trinajstić information content (AvgIpc) is 3.54. The van der Waals surface area contributed by atoms with Crippen LogP contribution in [-0.2, 0) is 0 Å². The third kappa shape index (κ3) is 4.97. The summed E-state index contributed by atoms with van der Waals surface area (Å²) in [6.07, 6.45) is 0. The molecule has 7 aromatic carbocycles. The number of aromatic nitrogens is 2. The number of benzene rings is 7. The number of fused-ring (bicyclic) bond motifs is 3. The van der Waals surface area contributed by atoms with Gasteiger partial charge in [0, 0.05) is 11.3 Å². The van der Waals surface area contributed by atoms with E-state index in [-0.39, 0.29) is 54.6 Å². The highest BCUT2D eigenvalue weighted by atomic mass is 15.1. The molecule has 0 aliphatic carbocycles. The van der Waals surface area contributed by atoms with Crippen molar-refractivity contribution < 1.29 is 0 Å². The molecule has 51 heavy (non-hydrogen) atoms. The van der Waals surface area contributed by atoms with Gasteiger partial charge in [0.2, 0.25) is 0 Å². The van der Waals surface area contributed by atoms with Gasteiger partial charge in [-0.25, -0.2) is 4.98 Å². The van der Waals surface area contributed by atoms with Gasteiger partial charge in [0.25, 0.3) is 0 Å². The number of hydrogen-bond donors (Lipinski definition) is 0. The predicted molar refractivity (Wildman–Crippen MR) is 226 cm³/mol. The van der Waals surface area contributed by atoms with Crippen LogP contribution in [0, 0.1) is 0 Å². The lowest BCUT2D eigenvalue weighted by Crippen LogP contribution is -2.56. The monoisotopic (exact) mass is 622 g/mol. The first-order valence-electron chi connectivity index (χ1n) is 16.1. The first-order chi connectivity index (χ1) is 24.5. The molecule has 2 nitrogen and oxygen atoms in total. The molecule has 8 rings (SSSR count). The van der Waals surface area contributed by atoms with Crippen molar-refractivity contribution in [3.63, 3.8) is 0 Å². The van der Waals surface area contributed by atoms with Gasteiger partial charge >= 0.3 is 0 Å². The molecule has 12 heteroatoms. The minimum atomic E-state index is 0.136. The fraction of sp³-hybridized carbons (Fsp3) is 0. The first kappa shape index (κ1) is 33.3. The van der Waals surface area contributed by atoms with Crippen molar-refractivity contribution in [3.05, 3.63) is 97.1 Å². The summed E-state index contributed by atoms with van der Waals surface area (Å²) in [5.41, 5.74) is 7.88. The minimum Gasteiger partial charge on any atom is -0.294 e. The molecule has 0 saturated carbocycles. The van der Waals surface area contributed by atoms with E-state index in [1.807, 2.05) is 77.4 Å². The van der Waals surface area contributed by atoms with E-state index in [9.17, 15) is 0 Å². The van der Waals surface area contributed by atoms with Gasteiger partial charge in [0.05, 0.1) is 11.0 Å². The Hall–Kier alpha value is -4.82. The fourth-order valence-corrected chi connectivity index (χ4v) is 7.16. The van der Waals surface area contributed by atoms with Gasteiger partial charge in [-0.05, 0) is 62.0 Å². The van der Waals surface area contributed by atoms with Crippen molar-refractivity contribution in [2.24, 2.45) is 0 Å². The summed E-state index contributed by atoms with van der Waals surface area (Å²) in [5.74, 6) is 0.582. The molecular formula is C39H16B10N2. The molecule has 0 aliphatic heterocycles. The lowest BCUT2D eigenvalue weighted by Gasteiger charge is -2.25. The molecule has 0 aliphatic rings. The minimum absolute atomic E-state index is 0.136. The maximum Gasteiger partial charge on any atom is 0.145 e. The van der Waals surface area contributed by atoms with E-state index in [1.54, 1.807) is 0 Å². The van der Waals surface area contributed by atoms with E-state index >= 15 is 0 Å². The second-order valence-electron chi connectivity index (χ2n) is 12.5. The van der Waals surface area contributed by atoms with Gasteiger partial charge in [0.15, 0.2) is 0 Å². The van der Waals surface area contributed by atoms with Crippen LogP contribution in [0.15, 0.2) is 97.1 Å². The third-order valence-corrected chi connectivity index (χ3v) is 9.75. The number of nitrogens with zero attached hydrogens (tertiary/aromatic N) is 2. The van der Waals surface area contributed by atoms with E-state index in [1.165, 1.54) is 0 Å². The molecule has 20 radical (unpaired) electrons. The second kappa shape index (κ2) is 12.4. The molecule has 1 heterocycles. The Morgan fingerprint density at radius 1 is 0.373 bits per heavy atom. The Kier molecular flexibility index (Phi) is 8.13. The molecule has 0 N–H and O–H groups in total. The summed E-state index contributed by atoms with van der Waals surface area (Å²) < 4.78 is 1.88. The number of rotatable bonds is 4. The maximum atomic E-state index is 6.65. The zero-order valence-corrected chi connectivity index (χ0v) is 27.4. The van der Waals surface area contributed by atoms with Gasteiger partial charge in [-0.15, -0.1) is 32.8 Å². The summed E-state index contributed by atoms with van der Waals surface area (Å²) in [7, 11) is 64.3. The maximum absolute atomic E-state index is 6.65. The Labute approximate surface area is 310 Å². The Morgan fingerprint density at radius 2 is 0.804 bits per heavy atom. The molecular weight excluding hydrogens is 605 g/mol. The van der Waals surface area contributed by atoms with Crippen LogP contribution in [0.4, 0.5) is 0 Å². The van der Waals surface area contributed by atoms with Gasteiger partial charge in [-0.1, -0.05) is 101 Å². The lowest BCUT2D eigenvalue weighted by molar-refractivity contribution is 1.12. The smallest absolute Gasteiger partial charge is 0.145 e. The summed E-state index contributed by atoms with van der Waals surface area (Å²) in [5, 5.41) is 3.72. The molecule has 0 bridgehead atoms. The van der Waals surface area contributed by atoms with Crippen LogP contribution in [0.2, 0.25) is 0 Å². The zero-order valence-electron chi connectivity index (χ0n) is 27.4. The lowest BCUT2D eigenvalue weighted by atomic mass is 9.59. The number of para-hydroxylation sites is 2. The van der Waals surface area contributed by atoms with Crippen molar-refractivity contribution in [1.82, 2.24) is 9.55 Å². The average molecular weight is 621 g/mol. The highest BCUT2D eigenvalue weighted by Gasteiger charge is 2.23. The molecule has 0 fully saturated rings. The highest BCUT2D eigenvalue weighted by molar-refractivity contribution is 6.70. The summed E-state index contributed by atoms with van der Waals surface area (Å²) in [6.45, 7) is 0. The van der Waals surface area contributed by atoms with Crippen LogP contribution in [0.3, 0.4) is 0 Å². The van der Waals surface area contributed by atoms with E-state index < -0.39 is 0 Å². The fourth-order valence-electron chi connectivity index (χ4n) is 7.16. The Morgan fingerprint density at radius 3 is 1.35 bits per heavy atom. The SMILES string of the molecule is [B]c1c([B])c([B])c(-c2c3ccccc3c(-c3cccc(-c4nc5ccccc5n4-c4c([B])c([B])c([B])c([B])c4[B])c3)c3ccccc23)c([B])c1[B]. The Balaban J connectivity index is 1.44. The van der Waals surface area contributed by atoms with Crippen molar-refractivity contribution in [2.75, 3.05) is 0 Å². The number of imidazole rings is 1. The summed E-state index contributed by atoms with van der Waals surface area (Å²) in [6, 6.07) is 31.9. The van der Waals surface area contributed by atoms with Crippen LogP contribution in [0.1, 0.15) is 0 Å². The summed E-state index contributed by atoms with van der Waals surface area (Å²) in [4.78, 5) is 5.06. The normalized spacial score (nSPS) is 11.5. The van der Waals surface area contributed by atoms with E-state index in [2.05, 4.69) is 24.3 Å². The standard InChI is InChI=1S/C39H16B10N2/c40-28-27(29(41)31(43)32(44)30(28)42)26-21-12-3-1-10-19(21)25(20-11-2-4-13-22(20)26)17-8-7-9-18(16-17)39-50-23-14-5-6-15-24(23)51(39)38-36(48)34(46)33(45)35(47)37(38)49/h1-16H. The zero-order chi connectivity index (χ0) is 35.9. The number of hydrogen-bond acceptors (Lipinski definition) is 1.